The first-order valence-corrected chi connectivity index (χ1v) is 12.2. The first-order valence-electron chi connectivity index (χ1n) is 12.2. The number of esters is 1. The predicted molar refractivity (Wildman–Crippen MR) is 119 cm³/mol. The number of unbranched alkanes of at least 4 members (excludes halogenated alkanes) is 1. The predicted octanol–water partition coefficient (Wildman–Crippen LogP) is 4.45. The van der Waals surface area contributed by atoms with Crippen molar-refractivity contribution in [1.82, 2.24) is 0 Å². The number of nitrogens with zero attached hydrogens (tertiary/aromatic N) is 1. The zero-order chi connectivity index (χ0) is 21.5. The molecule has 0 amide bonds. The Kier molecular flexibility index (Phi) is 8.94. The van der Waals surface area contributed by atoms with Gasteiger partial charge in [-0.15, -0.1) is 0 Å². The quantitative estimate of drug-likeness (QED) is 0.311. The second-order valence-electron chi connectivity index (χ2n) is 9.74. The Bertz CT molecular complexity index is 608. The Morgan fingerprint density at radius 1 is 1.27 bits per heavy atom. The van der Waals surface area contributed by atoms with Gasteiger partial charge in [0, 0.05) is 18.1 Å². The van der Waals surface area contributed by atoms with Gasteiger partial charge in [0.2, 0.25) is 0 Å². The summed E-state index contributed by atoms with van der Waals surface area (Å²) >= 11 is 0. The first-order chi connectivity index (χ1) is 14.5. The number of aliphatic hydroxyl groups is 2. The van der Waals surface area contributed by atoms with E-state index in [0.717, 1.165) is 50.9 Å². The largest absolute Gasteiger partial charge is 0.469 e. The minimum atomic E-state index is -0.390. The van der Waals surface area contributed by atoms with Gasteiger partial charge in [-0.1, -0.05) is 44.8 Å². The molecule has 0 spiro atoms. The lowest BCUT2D eigenvalue weighted by molar-refractivity contribution is -0.140. The zero-order valence-electron chi connectivity index (χ0n) is 18.8. The molecule has 0 aromatic heterocycles. The van der Waals surface area contributed by atoms with E-state index in [1.165, 1.54) is 38.5 Å². The number of carbonyl (C=O) groups is 1. The Morgan fingerprint density at radius 2 is 2.03 bits per heavy atom. The monoisotopic (exact) mass is 419 g/mol. The third-order valence-corrected chi connectivity index (χ3v) is 7.66. The number of carbonyl (C=O) groups excluding carboxylic acids is 1. The topological polar surface area (TPSA) is 79.1 Å². The average molecular weight is 420 g/mol. The van der Waals surface area contributed by atoms with Gasteiger partial charge in [0.05, 0.1) is 25.4 Å². The lowest BCUT2D eigenvalue weighted by Crippen LogP contribution is -2.25. The van der Waals surface area contributed by atoms with E-state index in [1.54, 1.807) is 0 Å². The fourth-order valence-electron chi connectivity index (χ4n) is 5.87. The molecule has 0 saturated heterocycles. The standard InChI is InChI=1S/C25H41NO4/c1-3-6-17-9-11-18(12-10-17)23(27)14-13-20-21-15-19(26-22(21)16-24(20)28)7-4-5-8-25(29)30-2/h13-14,17-18,20-24,27-28H,3-12,15-16H2,1-2H3/t17-,18+,20-,21-,22+,23-,24?/m1/s1. The SMILES string of the molecule is CCC[C@H]1CC[C@@H]([C@H](O)C=C[C@H]2C(O)C[C@@H]3N=C(CCCCC(=O)OC)C[C@@H]32)CC1. The number of ether oxygens (including phenoxy) is 1. The molecule has 2 N–H and O–H groups in total. The van der Waals surface area contributed by atoms with Crippen molar-refractivity contribution in [2.45, 2.75) is 102 Å². The highest BCUT2D eigenvalue weighted by Crippen LogP contribution is 2.43. The second-order valence-corrected chi connectivity index (χ2v) is 9.74. The van der Waals surface area contributed by atoms with Gasteiger partial charge in [0.25, 0.3) is 0 Å². The second kappa shape index (κ2) is 11.4. The fourth-order valence-corrected chi connectivity index (χ4v) is 5.87. The summed E-state index contributed by atoms with van der Waals surface area (Å²) < 4.78 is 4.69. The molecular formula is C25H41NO4. The molecule has 2 aliphatic carbocycles. The molecule has 0 aromatic rings. The Balaban J connectivity index is 1.44. The van der Waals surface area contributed by atoms with Gasteiger partial charge in [0.1, 0.15) is 0 Å². The molecule has 5 nitrogen and oxygen atoms in total. The summed E-state index contributed by atoms with van der Waals surface area (Å²) in [6, 6.07) is 0.215. The number of aliphatic hydroxyl groups excluding tert-OH is 2. The summed E-state index contributed by atoms with van der Waals surface area (Å²) in [5.74, 6) is 1.53. The van der Waals surface area contributed by atoms with Gasteiger partial charge in [-0.2, -0.15) is 0 Å². The minimum absolute atomic E-state index is 0.0948. The van der Waals surface area contributed by atoms with E-state index in [4.69, 9.17) is 4.99 Å². The molecule has 0 aromatic carbocycles. The molecule has 30 heavy (non-hydrogen) atoms. The summed E-state index contributed by atoms with van der Waals surface area (Å²) in [5.41, 5.74) is 1.23. The van der Waals surface area contributed by atoms with Crippen molar-refractivity contribution >= 4 is 11.7 Å². The normalized spacial score (nSPS) is 34.7. The minimum Gasteiger partial charge on any atom is -0.469 e. The fraction of sp³-hybridized carbons (Fsp3) is 0.840. The number of hydrogen-bond acceptors (Lipinski definition) is 5. The third kappa shape index (κ3) is 6.16. The number of hydrogen-bond donors (Lipinski definition) is 2. The summed E-state index contributed by atoms with van der Waals surface area (Å²) in [6.07, 6.45) is 15.5. The molecule has 2 saturated carbocycles. The van der Waals surface area contributed by atoms with Crippen LogP contribution in [0.5, 0.6) is 0 Å². The molecule has 170 valence electrons. The van der Waals surface area contributed by atoms with Crippen LogP contribution in [-0.4, -0.2) is 47.3 Å². The highest BCUT2D eigenvalue weighted by atomic mass is 16.5. The maximum Gasteiger partial charge on any atom is 0.305 e. The zero-order valence-corrected chi connectivity index (χ0v) is 18.8. The van der Waals surface area contributed by atoms with Crippen molar-refractivity contribution in [2.75, 3.05) is 7.11 Å². The van der Waals surface area contributed by atoms with Crippen LogP contribution < -0.4 is 0 Å². The van der Waals surface area contributed by atoms with Gasteiger partial charge in [0.15, 0.2) is 0 Å². The maximum atomic E-state index is 11.2. The van der Waals surface area contributed by atoms with E-state index in [0.29, 0.717) is 18.3 Å². The van der Waals surface area contributed by atoms with Gasteiger partial charge >= 0.3 is 5.97 Å². The smallest absolute Gasteiger partial charge is 0.305 e. The summed E-state index contributed by atoms with van der Waals surface area (Å²) in [4.78, 5) is 16.1. The number of methoxy groups -OCH3 is 1. The van der Waals surface area contributed by atoms with Crippen LogP contribution in [0.1, 0.15) is 84.0 Å². The van der Waals surface area contributed by atoms with Crippen molar-refractivity contribution in [1.29, 1.82) is 0 Å². The van der Waals surface area contributed by atoms with Crippen LogP contribution in [0.4, 0.5) is 0 Å². The molecule has 5 heteroatoms. The van der Waals surface area contributed by atoms with E-state index in [9.17, 15) is 15.0 Å². The van der Waals surface area contributed by atoms with Crippen molar-refractivity contribution < 1.29 is 19.7 Å². The maximum absolute atomic E-state index is 11.2. The van der Waals surface area contributed by atoms with Crippen LogP contribution in [0, 0.1) is 23.7 Å². The lowest BCUT2D eigenvalue weighted by atomic mass is 9.77. The summed E-state index contributed by atoms with van der Waals surface area (Å²) in [7, 11) is 1.43. The van der Waals surface area contributed by atoms with E-state index in [-0.39, 0.29) is 30.1 Å². The molecule has 0 bridgehead atoms. The average Bonchev–Trinajstić information content (AvgIpc) is 3.26. The third-order valence-electron chi connectivity index (χ3n) is 7.66. The van der Waals surface area contributed by atoms with Crippen LogP contribution >= 0.6 is 0 Å². The van der Waals surface area contributed by atoms with E-state index in [2.05, 4.69) is 17.7 Å². The van der Waals surface area contributed by atoms with Gasteiger partial charge in [-0.25, -0.2) is 0 Å². The van der Waals surface area contributed by atoms with E-state index >= 15 is 0 Å². The molecule has 0 radical (unpaired) electrons. The molecule has 1 heterocycles. The van der Waals surface area contributed by atoms with Crippen LogP contribution in [0.15, 0.2) is 17.1 Å². The Hall–Kier alpha value is -1.20. The van der Waals surface area contributed by atoms with Crippen LogP contribution in [0.2, 0.25) is 0 Å². The molecular weight excluding hydrogens is 378 g/mol. The lowest BCUT2D eigenvalue weighted by Gasteiger charge is -2.30. The van der Waals surface area contributed by atoms with E-state index < -0.39 is 0 Å². The van der Waals surface area contributed by atoms with Gasteiger partial charge in [-0.3, -0.25) is 9.79 Å². The first kappa shape index (κ1) is 23.5. The van der Waals surface area contributed by atoms with Crippen LogP contribution in [0.25, 0.3) is 0 Å². The van der Waals surface area contributed by atoms with Gasteiger partial charge < -0.3 is 14.9 Å². The molecule has 5 atom stereocenters. The number of fused-ring (bicyclic) bond motifs is 1. The van der Waals surface area contributed by atoms with Crippen LogP contribution in [0.3, 0.4) is 0 Å². The van der Waals surface area contributed by atoms with Crippen molar-refractivity contribution in [3.8, 4) is 0 Å². The molecule has 1 aliphatic heterocycles. The van der Waals surface area contributed by atoms with Crippen molar-refractivity contribution in [3.05, 3.63) is 12.2 Å². The number of aliphatic imine (C=N–C) groups is 1. The molecule has 2 fully saturated rings. The highest BCUT2D eigenvalue weighted by Gasteiger charge is 2.44. The van der Waals surface area contributed by atoms with Gasteiger partial charge in [-0.05, 0) is 62.7 Å². The number of rotatable bonds is 10. The van der Waals surface area contributed by atoms with Crippen molar-refractivity contribution in [3.63, 3.8) is 0 Å². The highest BCUT2D eigenvalue weighted by molar-refractivity contribution is 5.86. The summed E-state index contributed by atoms with van der Waals surface area (Å²) in [5, 5.41) is 21.2. The van der Waals surface area contributed by atoms with Crippen molar-refractivity contribution in [2.24, 2.45) is 28.7 Å². The molecule has 1 unspecified atom stereocenters. The van der Waals surface area contributed by atoms with Crippen LogP contribution in [-0.2, 0) is 9.53 Å². The Labute approximate surface area is 182 Å². The Morgan fingerprint density at radius 3 is 2.73 bits per heavy atom. The molecule has 3 rings (SSSR count). The summed E-state index contributed by atoms with van der Waals surface area (Å²) in [6.45, 7) is 2.25. The van der Waals surface area contributed by atoms with E-state index in [1.807, 2.05) is 6.08 Å². The molecule has 3 aliphatic rings.